The smallest absolute Gasteiger partial charge is 0.319 e. The van der Waals surface area contributed by atoms with Crippen LogP contribution in [0.2, 0.25) is 5.02 Å². The van der Waals surface area contributed by atoms with Gasteiger partial charge in [-0.05, 0) is 140 Å². The molecule has 0 unspecified atom stereocenters. The highest BCUT2D eigenvalue weighted by Crippen LogP contribution is 2.25. The molecule has 2 saturated carbocycles. The van der Waals surface area contributed by atoms with Crippen LogP contribution in [0.5, 0.6) is 5.75 Å². The number of hydrogen-bond acceptors (Lipinski definition) is 13. The maximum Gasteiger partial charge on any atom is 0.319 e. The van der Waals surface area contributed by atoms with Crippen molar-refractivity contribution in [1.29, 1.82) is 0 Å². The zero-order chi connectivity index (χ0) is 104. The Morgan fingerprint density at radius 2 is 0.493 bits per heavy atom. The number of ether oxygens (including phenoxy) is 1. The first-order valence-corrected chi connectivity index (χ1v) is 50.5. The van der Waals surface area contributed by atoms with Crippen molar-refractivity contribution < 1.29 is 62.3 Å². The van der Waals surface area contributed by atoms with Gasteiger partial charge < -0.3 is 132 Å². The van der Waals surface area contributed by atoms with Crippen LogP contribution in [0, 0.1) is 0 Å². The van der Waals surface area contributed by atoms with Gasteiger partial charge in [0.1, 0.15) is 36.6 Å². The third-order valence-electron chi connectivity index (χ3n) is 22.1. The second-order valence-electron chi connectivity index (χ2n) is 33.7. The van der Waals surface area contributed by atoms with Gasteiger partial charge in [-0.15, -0.1) is 0 Å². The molecule has 2 aliphatic rings. The van der Waals surface area contributed by atoms with E-state index in [1.54, 1.807) is 55.6 Å². The number of urea groups is 12. The molecule has 0 bridgehead atoms. The van der Waals surface area contributed by atoms with Crippen LogP contribution in [0.1, 0.15) is 253 Å². The first-order chi connectivity index (χ1) is 69.9. The highest BCUT2D eigenvalue weighted by Gasteiger charge is 2.25. The van der Waals surface area contributed by atoms with Crippen LogP contribution in [0.3, 0.4) is 0 Å². The summed E-state index contributed by atoms with van der Waals surface area (Å²) in [6.07, 6.45) is 19.8. The van der Waals surface area contributed by atoms with Crippen molar-refractivity contribution in [2.45, 2.75) is 239 Å². The van der Waals surface area contributed by atoms with Gasteiger partial charge >= 0.3 is 72.4 Å². The topological polar surface area (TPSA) is 503 Å². The Kier molecular flexibility index (Phi) is 61.5. The summed E-state index contributed by atoms with van der Waals surface area (Å²) in [6, 6.07) is 65.3. The lowest BCUT2D eigenvalue weighted by Crippen LogP contribution is -2.48. The number of anilines is 2. The molecule has 38 heteroatoms. The first-order valence-electron chi connectivity index (χ1n) is 50.1. The molecule has 0 saturated heterocycles. The molecule has 8 aromatic rings. The van der Waals surface area contributed by atoms with E-state index in [1.165, 1.54) is 52.6 Å². The van der Waals surface area contributed by atoms with Crippen molar-refractivity contribution in [1.82, 2.24) is 117 Å². The number of amides is 24. The van der Waals surface area contributed by atoms with Crippen molar-refractivity contribution >= 4 is 95.3 Å². The summed E-state index contributed by atoms with van der Waals surface area (Å²) in [6.45, 7) is 16.8. The SMILES string of the molecule is CCCCNC(=O)NC(NC(=O)NCCCC)c1ccc(Cl)cc1.CCCCNC(=O)NC(NC(=O)NCCCC)c1ccc(OC)cc1.CCCCNC(=O)NC(NC(=O)NCCCC)c1ccccc1.CNC(=O)NC(NC(=O)NC)c1ccccc1.O=C(NCc1ccccc1)NC(NC(=O)NCc1ccccc1)c1ccccc1.O=C(Nc1ccccc1NC(=O)NC1CCCCC1)NC1CCCCC1. The maximum atomic E-state index is 12.4. The second kappa shape index (κ2) is 74.1. The minimum absolute atomic E-state index is 0.209. The lowest BCUT2D eigenvalue weighted by molar-refractivity contribution is 0.224. The van der Waals surface area contributed by atoms with Gasteiger partial charge in [0.25, 0.3) is 0 Å². The van der Waals surface area contributed by atoms with E-state index in [0.717, 1.165) is 142 Å². The summed E-state index contributed by atoms with van der Waals surface area (Å²) >= 11 is 5.90. The zero-order valence-electron chi connectivity index (χ0n) is 84.8. The van der Waals surface area contributed by atoms with Crippen molar-refractivity contribution in [3.63, 3.8) is 0 Å². The zero-order valence-corrected chi connectivity index (χ0v) is 85.6. The molecule has 24 amide bonds. The van der Waals surface area contributed by atoms with Gasteiger partial charge in [-0.3, -0.25) is 0 Å². The highest BCUT2D eigenvalue weighted by atomic mass is 35.5. The number of para-hydroxylation sites is 2. The van der Waals surface area contributed by atoms with E-state index >= 15 is 0 Å². The number of carbonyl (C=O) groups excluding carboxylic acids is 12. The Bertz CT molecular complexity index is 4750. The standard InChI is InChI=1S/C23H24N4O2.C20H30N4O2.C18H30N4O3.C17H27ClN4O2.C17H28N4O2.C11H16N4O2/c28-22(24-16-18-10-4-1-5-11-18)26-21(20-14-8-3-9-15-20)27-23(29)25-17-19-12-6-2-7-13-19;25-19(21-15-9-3-1-4-10-15)23-17-13-7-8-14-18(17)24-20(26)22-16-11-5-2-6-12-16;1-4-6-12-19-17(23)21-16(22-18(24)20-13-7-5-2)14-8-10-15(25-3)11-9-14;1-3-5-11-19-16(23)21-15(13-7-9-14(18)10-8-13)22-17(24)20-12-6-4-2;1-3-5-12-18-16(22)20-15(14-10-8-7-9-11-14)21-17(23)19-13-6-4-2;1-12-10(16)14-9(15-11(17)13-2)8-6-4-3-5-7-8/h1-15,21H,16-17H2,(H2,24,26,28)(H2,25,27,29);7-8,13-16H,1-6,9-12H2,(H2,21,23,25)(H2,22,24,26);8-11,16H,4-7,12-13H2,1-3H3,(H2,19,21,23)(H2,20,22,24);7-10,15H,3-6,11-12H2,1-2H3,(H2,19,21,23)(H2,20,22,24);7-11,15H,3-6,12-13H2,1-2H3,(H2,18,20,22)(H2,19,21,23);3-7,9H,1-2H3,(H2,12,14,16)(H2,13,15,17). The summed E-state index contributed by atoms with van der Waals surface area (Å²) in [5.74, 6) is 0.710. The van der Waals surface area contributed by atoms with Gasteiger partial charge in [-0.25, -0.2) is 57.5 Å². The summed E-state index contributed by atoms with van der Waals surface area (Å²) < 4.78 is 5.14. The molecule has 2 fully saturated rings. The molecule has 0 radical (unpaired) electrons. The lowest BCUT2D eigenvalue weighted by Gasteiger charge is -2.24. The van der Waals surface area contributed by atoms with Crippen molar-refractivity contribution in [2.75, 3.05) is 71.1 Å². The van der Waals surface area contributed by atoms with Crippen LogP contribution in [0.15, 0.2) is 224 Å². The Labute approximate surface area is 854 Å². The number of hydrogen-bond donors (Lipinski definition) is 24. The quantitative estimate of drug-likeness (QED) is 0.0125. The molecule has 144 heavy (non-hydrogen) atoms. The predicted molar refractivity (Wildman–Crippen MR) is 569 cm³/mol. The van der Waals surface area contributed by atoms with Gasteiger partial charge in [-0.2, -0.15) is 0 Å². The summed E-state index contributed by atoms with van der Waals surface area (Å²) in [4.78, 5) is 144. The minimum Gasteiger partial charge on any atom is -0.497 e. The van der Waals surface area contributed by atoms with Crippen LogP contribution >= 0.6 is 11.6 Å². The van der Waals surface area contributed by atoms with Crippen LogP contribution in [0.4, 0.5) is 68.9 Å². The number of halogens is 1. The number of rotatable bonds is 42. The summed E-state index contributed by atoms with van der Waals surface area (Å²) in [7, 11) is 4.61. The van der Waals surface area contributed by atoms with E-state index in [4.69, 9.17) is 16.3 Å². The molecule has 24 N–H and O–H groups in total. The summed E-state index contributed by atoms with van der Waals surface area (Å²) in [5.41, 5.74) is 7.10. The van der Waals surface area contributed by atoms with Crippen molar-refractivity contribution in [2.24, 2.45) is 0 Å². The molecule has 10 rings (SSSR count). The number of unbranched alkanes of at least 4 members (excludes halogenated alkanes) is 6. The number of carbonyl (C=O) groups is 12. The average Bonchev–Trinajstić information content (AvgIpc) is 0.861. The number of nitrogens with one attached hydrogen (secondary N) is 24. The Hall–Kier alpha value is -14.9. The average molecular weight is 2010 g/mol. The van der Waals surface area contributed by atoms with Gasteiger partial charge in [0.15, 0.2) is 0 Å². The lowest BCUT2D eigenvalue weighted by atomic mass is 9.96. The molecular formula is C106H155ClN24O13. The fourth-order valence-corrected chi connectivity index (χ4v) is 14.1. The molecule has 0 atom stereocenters. The van der Waals surface area contributed by atoms with Crippen LogP contribution in [-0.2, 0) is 13.1 Å². The molecule has 2 aliphatic carbocycles. The monoisotopic (exact) mass is 2010 g/mol. The van der Waals surface area contributed by atoms with E-state index in [-0.39, 0.29) is 84.5 Å². The third kappa shape index (κ3) is 53.6. The third-order valence-corrected chi connectivity index (χ3v) is 22.3. The fraction of sp³-hybridized carbons (Fsp3) is 0.434. The van der Waals surface area contributed by atoms with Gasteiger partial charge in [-0.1, -0.05) is 318 Å². The van der Waals surface area contributed by atoms with Gasteiger partial charge in [0, 0.05) is 83.6 Å². The molecule has 0 heterocycles. The summed E-state index contributed by atoms with van der Waals surface area (Å²) in [5, 5.41) is 67.2. The van der Waals surface area contributed by atoms with E-state index in [9.17, 15) is 57.5 Å². The van der Waals surface area contributed by atoms with Crippen LogP contribution < -0.4 is 132 Å². The second-order valence-corrected chi connectivity index (χ2v) is 34.2. The van der Waals surface area contributed by atoms with Gasteiger partial charge in [0.2, 0.25) is 0 Å². The maximum absolute atomic E-state index is 12.4. The Morgan fingerprint density at radius 3 is 0.736 bits per heavy atom. The van der Waals surface area contributed by atoms with Gasteiger partial charge in [0.05, 0.1) is 18.5 Å². The van der Waals surface area contributed by atoms with Crippen molar-refractivity contribution in [3.05, 3.63) is 268 Å². The highest BCUT2D eigenvalue weighted by molar-refractivity contribution is 6.30. The van der Waals surface area contributed by atoms with E-state index in [2.05, 4.69) is 169 Å². The molecule has 0 spiro atoms. The largest absolute Gasteiger partial charge is 0.497 e. The van der Waals surface area contributed by atoms with Crippen LogP contribution in [0.25, 0.3) is 0 Å². The minimum atomic E-state index is -0.664. The Balaban J connectivity index is 0.000000306. The Morgan fingerprint density at radius 1 is 0.271 bits per heavy atom. The molecule has 8 aromatic carbocycles. The predicted octanol–water partition coefficient (Wildman–Crippen LogP) is 18.1. The molecule has 784 valence electrons. The van der Waals surface area contributed by atoms with E-state index in [1.807, 2.05) is 176 Å². The molecule has 37 nitrogen and oxygen atoms in total. The van der Waals surface area contributed by atoms with Crippen LogP contribution in [-0.4, -0.2) is 145 Å². The normalized spacial score (nSPS) is 11.7. The molecular weight excluding hydrogens is 1850 g/mol. The first kappa shape index (κ1) is 120. The molecule has 0 aromatic heterocycles. The van der Waals surface area contributed by atoms with Crippen molar-refractivity contribution in [3.8, 4) is 5.75 Å². The number of benzene rings is 8. The van der Waals surface area contributed by atoms with E-state index < -0.39 is 30.8 Å². The molecule has 0 aliphatic heterocycles. The number of methoxy groups -OCH3 is 1. The van der Waals surface area contributed by atoms with E-state index in [0.29, 0.717) is 74.5 Å². The fourth-order valence-electron chi connectivity index (χ4n) is 14.0.